The molecule has 2 N–H and O–H groups in total. The molecule has 1 fully saturated rings. The fraction of sp³-hybridized carbons (Fsp3) is 0.667. The molecule has 1 aromatic heterocycles. The largest absolute Gasteiger partial charge is 0.327 e. The summed E-state index contributed by atoms with van der Waals surface area (Å²) in [5.41, 5.74) is 7.05. The van der Waals surface area contributed by atoms with Gasteiger partial charge in [0.25, 0.3) is 0 Å². The predicted octanol–water partition coefficient (Wildman–Crippen LogP) is 2.28. The number of thioether (sulfide) groups is 2. The molecule has 17 heavy (non-hydrogen) atoms. The summed E-state index contributed by atoms with van der Waals surface area (Å²) in [6, 6.07) is 2.20. The Labute approximate surface area is 111 Å². The molecule has 94 valence electrons. The van der Waals surface area contributed by atoms with Crippen LogP contribution in [0.5, 0.6) is 0 Å². The van der Waals surface area contributed by atoms with Crippen molar-refractivity contribution in [1.82, 2.24) is 9.97 Å². The van der Waals surface area contributed by atoms with Crippen molar-refractivity contribution in [3.63, 3.8) is 0 Å². The van der Waals surface area contributed by atoms with Crippen LogP contribution in [0, 0.1) is 0 Å². The second kappa shape index (κ2) is 6.61. The van der Waals surface area contributed by atoms with Gasteiger partial charge in [-0.3, -0.25) is 0 Å². The Balaban J connectivity index is 2.05. The first kappa shape index (κ1) is 13.2. The fourth-order valence-corrected chi connectivity index (χ4v) is 4.34. The lowest BCUT2D eigenvalue weighted by atomic mass is 10.1. The van der Waals surface area contributed by atoms with Gasteiger partial charge in [-0.1, -0.05) is 6.92 Å². The third kappa shape index (κ3) is 3.86. The lowest BCUT2D eigenvalue weighted by molar-refractivity contribution is 0.632. The second-order valence-corrected chi connectivity index (χ2v) is 6.67. The van der Waals surface area contributed by atoms with E-state index in [2.05, 4.69) is 16.9 Å². The van der Waals surface area contributed by atoms with Crippen LogP contribution in [0.4, 0.5) is 0 Å². The molecule has 3 nitrogen and oxygen atoms in total. The zero-order chi connectivity index (χ0) is 12.1. The first-order valence-electron chi connectivity index (χ1n) is 6.06. The number of rotatable bonds is 4. The summed E-state index contributed by atoms with van der Waals surface area (Å²) in [7, 11) is 0. The van der Waals surface area contributed by atoms with Gasteiger partial charge in [0.15, 0.2) is 0 Å². The molecule has 0 bridgehead atoms. The highest BCUT2D eigenvalue weighted by atomic mass is 32.2. The molecule has 0 saturated carbocycles. The van der Waals surface area contributed by atoms with E-state index in [1.165, 1.54) is 11.5 Å². The van der Waals surface area contributed by atoms with Crippen LogP contribution in [0.15, 0.2) is 12.3 Å². The lowest BCUT2D eigenvalue weighted by Gasteiger charge is -2.20. The molecular weight excluding hydrogens is 250 g/mol. The highest BCUT2D eigenvalue weighted by Gasteiger charge is 2.19. The molecule has 1 aliphatic heterocycles. The molecule has 0 radical (unpaired) electrons. The van der Waals surface area contributed by atoms with E-state index >= 15 is 0 Å². The molecule has 1 saturated heterocycles. The van der Waals surface area contributed by atoms with E-state index < -0.39 is 0 Å². The van der Waals surface area contributed by atoms with Crippen molar-refractivity contribution >= 4 is 23.5 Å². The molecule has 1 aliphatic rings. The average molecular weight is 269 g/mol. The van der Waals surface area contributed by atoms with Gasteiger partial charge < -0.3 is 5.73 Å². The molecule has 0 amide bonds. The van der Waals surface area contributed by atoms with Crippen LogP contribution in [0.1, 0.15) is 30.1 Å². The minimum Gasteiger partial charge on any atom is -0.327 e. The van der Waals surface area contributed by atoms with E-state index in [0.717, 1.165) is 30.1 Å². The Hall–Kier alpha value is -0.260. The highest BCUT2D eigenvalue weighted by molar-refractivity contribution is 8.06. The van der Waals surface area contributed by atoms with Crippen LogP contribution in [0.2, 0.25) is 0 Å². The maximum atomic E-state index is 5.96. The van der Waals surface area contributed by atoms with Crippen LogP contribution < -0.4 is 5.73 Å². The van der Waals surface area contributed by atoms with Gasteiger partial charge in [0.1, 0.15) is 5.82 Å². The molecule has 1 aromatic rings. The maximum absolute atomic E-state index is 5.96. The van der Waals surface area contributed by atoms with Gasteiger partial charge in [0, 0.05) is 41.6 Å². The molecule has 0 aliphatic carbocycles. The van der Waals surface area contributed by atoms with Gasteiger partial charge in [0.2, 0.25) is 0 Å². The highest BCUT2D eigenvalue weighted by Crippen LogP contribution is 2.34. The molecule has 2 heterocycles. The van der Waals surface area contributed by atoms with Crippen LogP contribution in [-0.2, 0) is 6.42 Å². The molecule has 0 spiro atoms. The van der Waals surface area contributed by atoms with Gasteiger partial charge in [0.05, 0.1) is 5.25 Å². The molecule has 2 atom stereocenters. The van der Waals surface area contributed by atoms with Crippen LogP contribution >= 0.6 is 23.5 Å². The molecule has 5 heteroatoms. The first-order chi connectivity index (χ1) is 8.29. The summed E-state index contributed by atoms with van der Waals surface area (Å²) in [4.78, 5) is 9.07. The quantitative estimate of drug-likeness (QED) is 0.909. The van der Waals surface area contributed by atoms with E-state index in [-0.39, 0.29) is 6.04 Å². The van der Waals surface area contributed by atoms with Crippen LogP contribution in [-0.4, -0.2) is 33.3 Å². The van der Waals surface area contributed by atoms with Gasteiger partial charge in [-0.05, 0) is 12.5 Å². The van der Waals surface area contributed by atoms with Gasteiger partial charge in [-0.25, -0.2) is 9.97 Å². The standard InChI is InChI=1S/C12H19N3S2/c1-2-9(13)7-10-3-4-14-12(15-10)11-8-16-5-6-17-11/h3-4,9,11H,2,5-8,13H2,1H3. The summed E-state index contributed by atoms with van der Waals surface area (Å²) in [6.45, 7) is 2.11. The predicted molar refractivity (Wildman–Crippen MR) is 76.5 cm³/mol. The number of nitrogens with two attached hydrogens (primary N) is 1. The number of nitrogens with zero attached hydrogens (tertiary/aromatic N) is 2. The Bertz CT molecular complexity index is 353. The number of hydrogen-bond acceptors (Lipinski definition) is 5. The van der Waals surface area contributed by atoms with E-state index in [4.69, 9.17) is 5.73 Å². The fourth-order valence-electron chi connectivity index (χ4n) is 1.73. The maximum Gasteiger partial charge on any atom is 0.142 e. The van der Waals surface area contributed by atoms with Crippen molar-refractivity contribution in [1.29, 1.82) is 0 Å². The zero-order valence-corrected chi connectivity index (χ0v) is 11.8. The van der Waals surface area contributed by atoms with Crippen molar-refractivity contribution in [3.8, 4) is 0 Å². The minimum atomic E-state index is 0.214. The van der Waals surface area contributed by atoms with E-state index in [1.54, 1.807) is 0 Å². The average Bonchev–Trinajstić information content (AvgIpc) is 2.40. The van der Waals surface area contributed by atoms with Crippen molar-refractivity contribution in [2.75, 3.05) is 17.3 Å². The summed E-state index contributed by atoms with van der Waals surface area (Å²) >= 11 is 3.97. The van der Waals surface area contributed by atoms with Gasteiger partial charge >= 0.3 is 0 Å². The monoisotopic (exact) mass is 269 g/mol. The Morgan fingerprint density at radius 3 is 3.12 bits per heavy atom. The van der Waals surface area contributed by atoms with Gasteiger partial charge in [-0.2, -0.15) is 11.8 Å². The second-order valence-electron chi connectivity index (χ2n) is 4.21. The van der Waals surface area contributed by atoms with E-state index in [1.807, 2.05) is 35.8 Å². The first-order valence-corrected chi connectivity index (χ1v) is 8.26. The van der Waals surface area contributed by atoms with Crippen molar-refractivity contribution in [2.45, 2.75) is 31.1 Å². The van der Waals surface area contributed by atoms with Crippen molar-refractivity contribution < 1.29 is 0 Å². The summed E-state index contributed by atoms with van der Waals surface area (Å²) in [5, 5.41) is 0.464. The van der Waals surface area contributed by atoms with Crippen molar-refractivity contribution in [2.24, 2.45) is 5.73 Å². The lowest BCUT2D eigenvalue weighted by Crippen LogP contribution is -2.22. The summed E-state index contributed by atoms with van der Waals surface area (Å²) < 4.78 is 0. The molecule has 2 unspecified atom stereocenters. The van der Waals surface area contributed by atoms with Crippen molar-refractivity contribution in [3.05, 3.63) is 23.8 Å². The Morgan fingerprint density at radius 1 is 1.53 bits per heavy atom. The smallest absolute Gasteiger partial charge is 0.142 e. The topological polar surface area (TPSA) is 51.8 Å². The Morgan fingerprint density at radius 2 is 2.41 bits per heavy atom. The minimum absolute atomic E-state index is 0.214. The van der Waals surface area contributed by atoms with Gasteiger partial charge in [-0.15, -0.1) is 11.8 Å². The number of hydrogen-bond donors (Lipinski definition) is 1. The zero-order valence-electron chi connectivity index (χ0n) is 10.1. The molecule has 2 rings (SSSR count). The Kier molecular flexibility index (Phi) is 5.13. The summed E-state index contributed by atoms with van der Waals surface area (Å²) in [5.74, 6) is 4.58. The van der Waals surface area contributed by atoms with E-state index in [0.29, 0.717) is 5.25 Å². The normalized spacial score (nSPS) is 22.4. The third-order valence-electron chi connectivity index (χ3n) is 2.83. The van der Waals surface area contributed by atoms with E-state index in [9.17, 15) is 0 Å². The number of aromatic nitrogens is 2. The van der Waals surface area contributed by atoms with Crippen LogP contribution in [0.25, 0.3) is 0 Å². The SMILES string of the molecule is CCC(N)Cc1ccnc(C2CSCCS2)n1. The molecular formula is C12H19N3S2. The molecule has 0 aromatic carbocycles. The third-order valence-corrected chi connectivity index (χ3v) is 5.58. The summed E-state index contributed by atoms with van der Waals surface area (Å²) in [6.07, 6.45) is 3.73. The van der Waals surface area contributed by atoms with Crippen LogP contribution in [0.3, 0.4) is 0 Å².